The minimum absolute atomic E-state index is 0.0304. The molecule has 4 N–H and O–H groups in total. The second-order valence-corrected chi connectivity index (χ2v) is 10.6. The van der Waals surface area contributed by atoms with Crippen molar-refractivity contribution in [3.8, 4) is 11.8 Å². The van der Waals surface area contributed by atoms with Crippen molar-refractivity contribution in [2.75, 3.05) is 6.61 Å². The van der Waals surface area contributed by atoms with Gasteiger partial charge in [-0.25, -0.2) is 4.79 Å². The summed E-state index contributed by atoms with van der Waals surface area (Å²) in [6.07, 6.45) is 0.122. The highest BCUT2D eigenvalue weighted by molar-refractivity contribution is 5.94. The van der Waals surface area contributed by atoms with Crippen LogP contribution in [0, 0.1) is 17.2 Å². The molecule has 0 radical (unpaired) electrons. The maximum absolute atomic E-state index is 13.7. The number of rotatable bonds is 6. The van der Waals surface area contributed by atoms with Crippen molar-refractivity contribution < 1.29 is 29.0 Å². The average molecular weight is 565 g/mol. The van der Waals surface area contributed by atoms with E-state index in [1.54, 1.807) is 25.1 Å². The maximum atomic E-state index is 13.7. The number of fused-ring (bicyclic) bond motifs is 14. The Bertz CT molecular complexity index is 1200. The van der Waals surface area contributed by atoms with Gasteiger partial charge in [0.05, 0.1) is 18.7 Å². The van der Waals surface area contributed by atoms with Crippen LogP contribution in [0.4, 0.5) is 4.79 Å². The van der Waals surface area contributed by atoms with Crippen molar-refractivity contribution in [1.29, 1.82) is 5.26 Å². The topological polar surface area (TPSA) is 150 Å². The molecule has 0 aromatic heterocycles. The van der Waals surface area contributed by atoms with E-state index < -0.39 is 41.6 Å². The molecule has 2 aromatic rings. The molecule has 220 valence electrons. The first-order valence-electron chi connectivity index (χ1n) is 14.1. The van der Waals surface area contributed by atoms with Crippen LogP contribution < -0.4 is 20.7 Å². The van der Waals surface area contributed by atoms with Gasteiger partial charge in [-0.3, -0.25) is 9.59 Å². The van der Waals surface area contributed by atoms with Gasteiger partial charge in [0.15, 0.2) is 6.10 Å². The van der Waals surface area contributed by atoms with E-state index >= 15 is 0 Å². The number of hydrogen-bond acceptors (Lipinski definition) is 7. The van der Waals surface area contributed by atoms with Crippen LogP contribution in [0.2, 0.25) is 0 Å². The maximum Gasteiger partial charge on any atom is 0.408 e. The molecular weight excluding hydrogens is 524 g/mol. The molecule has 2 aliphatic rings. The third-order valence-corrected chi connectivity index (χ3v) is 7.65. The molecule has 2 aliphatic heterocycles. The van der Waals surface area contributed by atoms with E-state index in [1.165, 1.54) is 0 Å². The zero-order chi connectivity index (χ0) is 29.8. The molecule has 0 spiro atoms. The SMILES string of the molecule is CCC(C)C1(C)NC(=O)[C@@H](NC(=O)OCc2ccccc2)Cc2ccc(cc2)OCCCC[C@@H](C(O)C#N)NC1=O. The van der Waals surface area contributed by atoms with Crippen molar-refractivity contribution in [3.63, 3.8) is 0 Å². The predicted octanol–water partition coefficient (Wildman–Crippen LogP) is 3.38. The number of carbonyl (C=O) groups excluding carboxylic acids is 3. The average Bonchev–Trinajstić information content (AvgIpc) is 2.98. The first-order chi connectivity index (χ1) is 19.7. The summed E-state index contributed by atoms with van der Waals surface area (Å²) >= 11 is 0. The number of amides is 3. The molecule has 2 heterocycles. The van der Waals surface area contributed by atoms with Gasteiger partial charge >= 0.3 is 6.09 Å². The number of nitrogens with one attached hydrogen (secondary N) is 3. The molecule has 41 heavy (non-hydrogen) atoms. The molecule has 5 atom stereocenters. The van der Waals surface area contributed by atoms with Crippen LogP contribution in [0.1, 0.15) is 57.6 Å². The largest absolute Gasteiger partial charge is 0.494 e. The summed E-state index contributed by atoms with van der Waals surface area (Å²) < 4.78 is 11.2. The summed E-state index contributed by atoms with van der Waals surface area (Å²) in [5.41, 5.74) is 0.178. The minimum Gasteiger partial charge on any atom is -0.494 e. The Kier molecular flexibility index (Phi) is 11.5. The van der Waals surface area contributed by atoms with E-state index in [1.807, 2.05) is 56.3 Å². The number of benzene rings is 2. The number of hydrogen-bond donors (Lipinski definition) is 4. The fourth-order valence-corrected chi connectivity index (χ4v) is 4.60. The second kappa shape index (κ2) is 15.1. The van der Waals surface area contributed by atoms with Crippen molar-refractivity contribution in [3.05, 3.63) is 65.7 Å². The monoisotopic (exact) mass is 564 g/mol. The fourth-order valence-electron chi connectivity index (χ4n) is 4.60. The number of nitriles is 1. The molecule has 2 bridgehead atoms. The first-order valence-corrected chi connectivity index (χ1v) is 14.1. The Hall–Kier alpha value is -4.10. The van der Waals surface area contributed by atoms with Gasteiger partial charge in [0, 0.05) is 6.42 Å². The fraction of sp³-hybridized carbons (Fsp3) is 0.484. The van der Waals surface area contributed by atoms with Crippen LogP contribution in [0.25, 0.3) is 0 Å². The normalized spacial score (nSPS) is 23.5. The molecule has 10 nitrogen and oxygen atoms in total. The van der Waals surface area contributed by atoms with Gasteiger partial charge in [-0.2, -0.15) is 5.26 Å². The van der Waals surface area contributed by atoms with Gasteiger partial charge < -0.3 is 30.5 Å². The molecule has 3 unspecified atom stereocenters. The van der Waals surface area contributed by atoms with E-state index in [4.69, 9.17) is 9.47 Å². The van der Waals surface area contributed by atoms with Crippen LogP contribution in [-0.4, -0.2) is 53.3 Å². The number of ether oxygens (including phenoxy) is 2. The lowest BCUT2D eigenvalue weighted by Crippen LogP contribution is -2.65. The van der Waals surface area contributed by atoms with Crippen LogP contribution in [0.15, 0.2) is 54.6 Å². The number of carbonyl (C=O) groups is 3. The Labute approximate surface area is 241 Å². The Balaban J connectivity index is 1.89. The van der Waals surface area contributed by atoms with E-state index in [2.05, 4.69) is 16.0 Å². The Morgan fingerprint density at radius 1 is 1.20 bits per heavy atom. The molecular formula is C31H40N4O6. The summed E-state index contributed by atoms with van der Waals surface area (Å²) in [5, 5.41) is 28.0. The van der Waals surface area contributed by atoms with Gasteiger partial charge in [-0.1, -0.05) is 62.7 Å². The molecule has 0 fully saturated rings. The van der Waals surface area contributed by atoms with Gasteiger partial charge in [0.2, 0.25) is 11.8 Å². The van der Waals surface area contributed by atoms with E-state index in [9.17, 15) is 24.8 Å². The number of alkyl carbamates (subject to hydrolysis) is 1. The highest BCUT2D eigenvalue weighted by Gasteiger charge is 2.42. The standard InChI is InChI=1S/C31H40N4O6/c1-4-21(2)31(3)29(38)33-25(27(36)19-32)12-8-9-17-40-24-15-13-22(14-16-24)18-26(28(37)35-31)34-30(39)41-20-23-10-6-5-7-11-23/h5-7,10-11,13-16,21,25-27,36H,4,8-9,12,17-18,20H2,1-3H3,(H,33,38)(H,34,39)(H,35,37)/t21?,25-,26-,27?,31?/m0/s1. The predicted molar refractivity (Wildman–Crippen MR) is 153 cm³/mol. The number of nitrogens with zero attached hydrogens (tertiary/aromatic N) is 1. The zero-order valence-corrected chi connectivity index (χ0v) is 23.9. The molecule has 10 heteroatoms. The summed E-state index contributed by atoms with van der Waals surface area (Å²) in [4.78, 5) is 40.2. The van der Waals surface area contributed by atoms with Crippen molar-refractivity contribution in [2.24, 2.45) is 5.92 Å². The van der Waals surface area contributed by atoms with Crippen molar-refractivity contribution >= 4 is 17.9 Å². The number of aliphatic hydroxyl groups is 1. The van der Waals surface area contributed by atoms with Gasteiger partial charge in [-0.15, -0.1) is 0 Å². The third-order valence-electron chi connectivity index (χ3n) is 7.65. The highest BCUT2D eigenvalue weighted by atomic mass is 16.5. The molecule has 2 aromatic carbocycles. The molecule has 0 aliphatic carbocycles. The Morgan fingerprint density at radius 2 is 1.90 bits per heavy atom. The number of aliphatic hydroxyl groups excluding tert-OH is 1. The van der Waals surface area contributed by atoms with Crippen LogP contribution in [0.3, 0.4) is 0 Å². The van der Waals surface area contributed by atoms with Gasteiger partial charge in [-0.05, 0) is 55.4 Å². The van der Waals surface area contributed by atoms with Crippen molar-refractivity contribution in [1.82, 2.24) is 16.0 Å². The van der Waals surface area contributed by atoms with E-state index in [0.717, 1.165) is 11.1 Å². The van der Waals surface area contributed by atoms with Crippen LogP contribution >= 0.6 is 0 Å². The summed E-state index contributed by atoms with van der Waals surface area (Å²) in [6.45, 7) is 5.81. The summed E-state index contributed by atoms with van der Waals surface area (Å²) in [6, 6.07) is 16.3. The Morgan fingerprint density at radius 3 is 2.56 bits per heavy atom. The van der Waals surface area contributed by atoms with E-state index in [0.29, 0.717) is 38.0 Å². The molecule has 4 rings (SSSR count). The van der Waals surface area contributed by atoms with E-state index in [-0.39, 0.29) is 18.9 Å². The molecule has 0 saturated heterocycles. The summed E-state index contributed by atoms with van der Waals surface area (Å²) in [5.74, 6) is -0.747. The first kappa shape index (κ1) is 31.4. The second-order valence-electron chi connectivity index (χ2n) is 10.6. The molecule has 0 saturated carbocycles. The van der Waals surface area contributed by atoms with Gasteiger partial charge in [0.25, 0.3) is 0 Å². The highest BCUT2D eigenvalue weighted by Crippen LogP contribution is 2.23. The lowest BCUT2D eigenvalue weighted by molar-refractivity contribution is -0.136. The lowest BCUT2D eigenvalue weighted by Gasteiger charge is -2.37. The van der Waals surface area contributed by atoms with Gasteiger partial charge in [0.1, 0.15) is 23.9 Å². The smallest absolute Gasteiger partial charge is 0.408 e. The lowest BCUT2D eigenvalue weighted by atomic mass is 9.83. The quantitative estimate of drug-likeness (QED) is 0.393. The molecule has 3 amide bonds. The van der Waals surface area contributed by atoms with Crippen LogP contribution in [-0.2, 0) is 27.4 Å². The zero-order valence-electron chi connectivity index (χ0n) is 23.9. The third kappa shape index (κ3) is 8.95. The van der Waals surface area contributed by atoms with Crippen LogP contribution in [0.5, 0.6) is 5.75 Å². The van der Waals surface area contributed by atoms with Crippen molar-refractivity contribution in [2.45, 2.75) is 83.2 Å². The summed E-state index contributed by atoms with van der Waals surface area (Å²) in [7, 11) is 0. The minimum atomic E-state index is -1.42.